The van der Waals surface area contributed by atoms with Crippen LogP contribution in [0, 0.1) is 0 Å². The molecule has 0 saturated heterocycles. The van der Waals surface area contributed by atoms with Gasteiger partial charge in [0, 0.05) is 0 Å². The number of hydrogen-bond donors (Lipinski definition) is 1. The topological polar surface area (TPSA) is 20.2 Å². The van der Waals surface area contributed by atoms with Crippen molar-refractivity contribution in [3.63, 3.8) is 0 Å². The molecule has 1 nitrogen and oxygen atoms in total. The number of allylic oxidation sites excluding steroid dienone is 2. The molecule has 0 bridgehead atoms. The van der Waals surface area contributed by atoms with Gasteiger partial charge in [-0.25, -0.2) is 0 Å². The molecule has 86 valence electrons. The molecule has 0 fully saturated rings. The van der Waals surface area contributed by atoms with Gasteiger partial charge in [-0.3, -0.25) is 0 Å². The maximum atomic E-state index is 8.91. The summed E-state index contributed by atoms with van der Waals surface area (Å²) in [6, 6.07) is 10.4. The Morgan fingerprint density at radius 1 is 1.38 bits per heavy atom. The molecule has 0 aliphatic carbocycles. The third-order valence-electron chi connectivity index (χ3n) is 2.61. The summed E-state index contributed by atoms with van der Waals surface area (Å²) in [5.41, 5.74) is 3.45. The maximum Gasteiger partial charge on any atom is 0.0642 e. The van der Waals surface area contributed by atoms with Gasteiger partial charge in [0.05, 0.1) is 6.61 Å². The smallest absolute Gasteiger partial charge is 0.0642 e. The van der Waals surface area contributed by atoms with E-state index in [1.54, 1.807) is 0 Å². The molecule has 0 aromatic heterocycles. The van der Waals surface area contributed by atoms with Crippen LogP contribution in [0.1, 0.15) is 31.7 Å². The van der Waals surface area contributed by atoms with E-state index in [0.29, 0.717) is 5.92 Å². The quantitative estimate of drug-likeness (QED) is 0.744. The molecular formula is C15H20O. The lowest BCUT2D eigenvalue weighted by Gasteiger charge is -2.09. The van der Waals surface area contributed by atoms with Crippen molar-refractivity contribution in [1.29, 1.82) is 0 Å². The Hall–Kier alpha value is -1.34. The highest BCUT2D eigenvalue weighted by Gasteiger charge is 2.02. The Bertz CT molecular complexity index is 362. The highest BCUT2D eigenvalue weighted by molar-refractivity contribution is 5.25. The molecule has 0 heterocycles. The molecule has 1 atom stereocenters. The Labute approximate surface area is 98.1 Å². The standard InChI is InChI=1S/C15H20O/c1-12(9-13(2)11-16)10-14(3)15-7-5-4-6-8-15/h4-8,10,14,16H,2,9,11H2,1,3H3/b12-10+. The predicted molar refractivity (Wildman–Crippen MR) is 69.5 cm³/mol. The number of hydrogen-bond acceptors (Lipinski definition) is 1. The van der Waals surface area contributed by atoms with Crippen molar-refractivity contribution in [3.8, 4) is 0 Å². The third-order valence-corrected chi connectivity index (χ3v) is 2.61. The SMILES string of the molecule is C=C(CO)C/C(C)=C/C(C)c1ccccc1. The second kappa shape index (κ2) is 6.29. The summed E-state index contributed by atoms with van der Waals surface area (Å²) < 4.78 is 0. The summed E-state index contributed by atoms with van der Waals surface area (Å²) in [7, 11) is 0. The van der Waals surface area contributed by atoms with E-state index in [2.05, 4.69) is 50.8 Å². The number of aliphatic hydroxyl groups excluding tert-OH is 1. The van der Waals surface area contributed by atoms with Crippen LogP contribution in [0.15, 0.2) is 54.1 Å². The van der Waals surface area contributed by atoms with E-state index < -0.39 is 0 Å². The van der Waals surface area contributed by atoms with E-state index in [0.717, 1.165) is 12.0 Å². The van der Waals surface area contributed by atoms with E-state index in [4.69, 9.17) is 5.11 Å². The molecule has 1 N–H and O–H groups in total. The van der Waals surface area contributed by atoms with Crippen LogP contribution >= 0.6 is 0 Å². The van der Waals surface area contributed by atoms with Gasteiger partial charge in [0.1, 0.15) is 0 Å². The second-order valence-corrected chi connectivity index (χ2v) is 4.30. The van der Waals surface area contributed by atoms with Crippen LogP contribution in [0.4, 0.5) is 0 Å². The lowest BCUT2D eigenvalue weighted by Crippen LogP contribution is -1.93. The van der Waals surface area contributed by atoms with Crippen molar-refractivity contribution in [2.24, 2.45) is 0 Å². The van der Waals surface area contributed by atoms with Gasteiger partial charge >= 0.3 is 0 Å². The maximum absolute atomic E-state index is 8.91. The minimum atomic E-state index is 0.0743. The predicted octanol–water partition coefficient (Wildman–Crippen LogP) is 3.68. The van der Waals surface area contributed by atoms with Crippen LogP contribution in [0.5, 0.6) is 0 Å². The molecule has 1 aromatic carbocycles. The molecule has 0 amide bonds. The summed E-state index contributed by atoms with van der Waals surface area (Å²) in [6.07, 6.45) is 3.02. The van der Waals surface area contributed by atoms with E-state index in [-0.39, 0.29) is 6.61 Å². The third kappa shape index (κ3) is 4.03. The fourth-order valence-electron chi connectivity index (χ4n) is 1.79. The number of rotatable bonds is 5. The Morgan fingerprint density at radius 3 is 2.56 bits per heavy atom. The molecule has 0 aliphatic heterocycles. The summed E-state index contributed by atoms with van der Waals surface area (Å²) in [4.78, 5) is 0. The van der Waals surface area contributed by atoms with Gasteiger partial charge in [-0.2, -0.15) is 0 Å². The van der Waals surface area contributed by atoms with Crippen molar-refractivity contribution in [2.45, 2.75) is 26.2 Å². The molecule has 0 saturated carbocycles. The minimum Gasteiger partial charge on any atom is -0.392 e. The number of benzene rings is 1. The van der Waals surface area contributed by atoms with Crippen LogP contribution in [-0.2, 0) is 0 Å². The molecule has 1 aromatic rings. The van der Waals surface area contributed by atoms with Crippen molar-refractivity contribution in [2.75, 3.05) is 6.61 Å². The molecule has 0 radical (unpaired) electrons. The minimum absolute atomic E-state index is 0.0743. The van der Waals surface area contributed by atoms with Crippen LogP contribution in [0.3, 0.4) is 0 Å². The van der Waals surface area contributed by atoms with Gasteiger partial charge in [-0.15, -0.1) is 0 Å². The largest absolute Gasteiger partial charge is 0.392 e. The average molecular weight is 216 g/mol. The van der Waals surface area contributed by atoms with Gasteiger partial charge < -0.3 is 5.11 Å². The lowest BCUT2D eigenvalue weighted by molar-refractivity contribution is 0.329. The molecular weight excluding hydrogens is 196 g/mol. The first-order valence-corrected chi connectivity index (χ1v) is 5.63. The van der Waals surface area contributed by atoms with Gasteiger partial charge in [-0.1, -0.05) is 55.5 Å². The van der Waals surface area contributed by atoms with E-state index in [1.165, 1.54) is 11.1 Å². The van der Waals surface area contributed by atoms with Gasteiger partial charge in [0.25, 0.3) is 0 Å². The zero-order valence-corrected chi connectivity index (χ0v) is 10.1. The highest BCUT2D eigenvalue weighted by atomic mass is 16.3. The number of aliphatic hydroxyl groups is 1. The van der Waals surface area contributed by atoms with Crippen LogP contribution in [0.2, 0.25) is 0 Å². The molecule has 16 heavy (non-hydrogen) atoms. The van der Waals surface area contributed by atoms with Crippen molar-refractivity contribution >= 4 is 0 Å². The van der Waals surface area contributed by atoms with E-state index in [1.807, 2.05) is 6.07 Å². The van der Waals surface area contributed by atoms with Gasteiger partial charge in [0.15, 0.2) is 0 Å². The summed E-state index contributed by atoms with van der Waals surface area (Å²) in [5, 5.41) is 8.91. The summed E-state index contributed by atoms with van der Waals surface area (Å²) in [6.45, 7) is 8.14. The summed E-state index contributed by atoms with van der Waals surface area (Å²) >= 11 is 0. The fraction of sp³-hybridized carbons (Fsp3) is 0.333. The van der Waals surface area contributed by atoms with Crippen molar-refractivity contribution in [1.82, 2.24) is 0 Å². The van der Waals surface area contributed by atoms with E-state index in [9.17, 15) is 0 Å². The van der Waals surface area contributed by atoms with Gasteiger partial charge in [-0.05, 0) is 30.4 Å². The zero-order chi connectivity index (χ0) is 12.0. The van der Waals surface area contributed by atoms with Crippen molar-refractivity contribution < 1.29 is 5.11 Å². The van der Waals surface area contributed by atoms with Gasteiger partial charge in [0.2, 0.25) is 0 Å². The fourth-order valence-corrected chi connectivity index (χ4v) is 1.79. The zero-order valence-electron chi connectivity index (χ0n) is 10.1. The lowest BCUT2D eigenvalue weighted by atomic mass is 9.97. The van der Waals surface area contributed by atoms with Crippen LogP contribution in [-0.4, -0.2) is 11.7 Å². The molecule has 1 rings (SSSR count). The molecule has 1 heteroatoms. The molecule has 1 unspecified atom stereocenters. The normalized spacial score (nSPS) is 13.6. The Morgan fingerprint density at radius 2 is 2.00 bits per heavy atom. The first-order chi connectivity index (χ1) is 7.63. The second-order valence-electron chi connectivity index (χ2n) is 4.30. The van der Waals surface area contributed by atoms with E-state index >= 15 is 0 Å². The van der Waals surface area contributed by atoms with Crippen molar-refractivity contribution in [3.05, 3.63) is 59.7 Å². The average Bonchev–Trinajstić information content (AvgIpc) is 2.29. The monoisotopic (exact) mass is 216 g/mol. The first-order valence-electron chi connectivity index (χ1n) is 5.63. The Balaban J connectivity index is 2.65. The molecule has 0 spiro atoms. The highest BCUT2D eigenvalue weighted by Crippen LogP contribution is 2.20. The van der Waals surface area contributed by atoms with Crippen LogP contribution in [0.25, 0.3) is 0 Å². The van der Waals surface area contributed by atoms with Crippen LogP contribution < -0.4 is 0 Å². The molecule has 0 aliphatic rings. The summed E-state index contributed by atoms with van der Waals surface area (Å²) in [5.74, 6) is 0.410. The first kappa shape index (κ1) is 12.7. The Kier molecular flexibility index (Phi) is 5.00.